The van der Waals surface area contributed by atoms with Crippen molar-refractivity contribution in [1.82, 2.24) is 14.9 Å². The Morgan fingerprint density at radius 2 is 2.00 bits per heavy atom. The predicted octanol–water partition coefficient (Wildman–Crippen LogP) is 2.83. The maximum atomic E-state index is 13.3. The number of sulfonamides is 1. The second kappa shape index (κ2) is 14.8. The first kappa shape index (κ1) is 27.9. The van der Waals surface area contributed by atoms with Crippen LogP contribution in [0.3, 0.4) is 0 Å². The van der Waals surface area contributed by atoms with Crippen LogP contribution in [-0.2, 0) is 10.0 Å². The number of hydrogen-bond acceptors (Lipinski definition) is 4. The zero-order valence-electron chi connectivity index (χ0n) is 17.7. The Morgan fingerprint density at radius 1 is 1.28 bits per heavy atom. The number of nitrogens with one attached hydrogen (secondary N) is 2. The molecule has 0 aliphatic carbocycles. The highest BCUT2D eigenvalue weighted by molar-refractivity contribution is 14.0. The summed E-state index contributed by atoms with van der Waals surface area (Å²) in [7, 11) is -1.56. The van der Waals surface area contributed by atoms with Crippen LogP contribution in [0, 0.1) is 5.82 Å². The zero-order valence-corrected chi connectivity index (χ0v) is 20.8. The monoisotopic (exact) mass is 544 g/mol. The molecule has 0 saturated heterocycles. The molecular weight excluding hydrogens is 510 g/mol. The minimum atomic E-state index is -3.15. The smallest absolute Gasteiger partial charge is 0.213 e. The number of ether oxygens (including phenoxy) is 1. The van der Waals surface area contributed by atoms with Crippen LogP contribution in [-0.4, -0.2) is 63.8 Å². The van der Waals surface area contributed by atoms with Crippen LogP contribution in [0.15, 0.2) is 29.3 Å². The van der Waals surface area contributed by atoms with Crippen molar-refractivity contribution in [3.63, 3.8) is 0 Å². The first-order valence-corrected chi connectivity index (χ1v) is 11.3. The highest BCUT2D eigenvalue weighted by Crippen LogP contribution is 2.15. The molecule has 0 fully saturated rings. The van der Waals surface area contributed by atoms with Gasteiger partial charge in [-0.15, -0.1) is 24.0 Å². The van der Waals surface area contributed by atoms with Gasteiger partial charge in [0, 0.05) is 32.7 Å². The summed E-state index contributed by atoms with van der Waals surface area (Å²) in [6, 6.07) is 6.07. The molecule has 0 aliphatic heterocycles. The topological polar surface area (TPSA) is 83.0 Å². The van der Waals surface area contributed by atoms with E-state index in [4.69, 9.17) is 4.74 Å². The molecular formula is C19H34FIN4O3S. The lowest BCUT2D eigenvalue weighted by atomic mass is 10.2. The number of hydrogen-bond donors (Lipinski definition) is 2. The Kier molecular flexibility index (Phi) is 14.2. The number of aliphatic imine (C=N–C) groups is 1. The van der Waals surface area contributed by atoms with Gasteiger partial charge in [-0.25, -0.2) is 22.1 Å². The Hall–Kier alpha value is -1.14. The van der Waals surface area contributed by atoms with Gasteiger partial charge in [0.2, 0.25) is 10.0 Å². The van der Waals surface area contributed by atoms with E-state index in [1.807, 2.05) is 13.8 Å². The molecule has 0 saturated carbocycles. The van der Waals surface area contributed by atoms with Gasteiger partial charge in [-0.3, -0.25) is 0 Å². The molecule has 0 amide bonds. The van der Waals surface area contributed by atoms with Gasteiger partial charge in [0.05, 0.1) is 12.3 Å². The summed E-state index contributed by atoms with van der Waals surface area (Å²) in [5.74, 6) is 0.899. The fourth-order valence-corrected chi connectivity index (χ4v) is 3.23. The SMILES string of the molecule is CCNC(=NCC(CC)Oc1cccc(F)c1)NCCCN(C)S(=O)(=O)CC.I. The van der Waals surface area contributed by atoms with E-state index in [0.717, 1.165) is 6.42 Å². The lowest BCUT2D eigenvalue weighted by molar-refractivity contribution is 0.205. The second-order valence-corrected chi connectivity index (χ2v) is 8.69. The lowest BCUT2D eigenvalue weighted by Crippen LogP contribution is -2.40. The summed E-state index contributed by atoms with van der Waals surface area (Å²) < 4.78 is 44.0. The van der Waals surface area contributed by atoms with E-state index in [0.29, 0.717) is 44.3 Å². The maximum absolute atomic E-state index is 13.3. The summed E-state index contributed by atoms with van der Waals surface area (Å²) in [5.41, 5.74) is 0. The fraction of sp³-hybridized carbons (Fsp3) is 0.632. The molecule has 2 N–H and O–H groups in total. The van der Waals surface area contributed by atoms with Gasteiger partial charge in [0.15, 0.2) is 5.96 Å². The normalized spacial score (nSPS) is 13.0. The van der Waals surface area contributed by atoms with Gasteiger partial charge in [0.25, 0.3) is 0 Å². The van der Waals surface area contributed by atoms with E-state index in [-0.39, 0.29) is 41.7 Å². The highest BCUT2D eigenvalue weighted by atomic mass is 127. The summed E-state index contributed by atoms with van der Waals surface area (Å²) in [5, 5.41) is 6.36. The molecule has 0 radical (unpaired) electrons. The van der Waals surface area contributed by atoms with Crippen LogP contribution in [0.5, 0.6) is 5.75 Å². The summed E-state index contributed by atoms with van der Waals surface area (Å²) in [6.45, 7) is 7.77. The third-order valence-corrected chi connectivity index (χ3v) is 6.00. The lowest BCUT2D eigenvalue weighted by Gasteiger charge is -2.18. The maximum Gasteiger partial charge on any atom is 0.213 e. The molecule has 7 nitrogen and oxygen atoms in total. The van der Waals surface area contributed by atoms with E-state index in [1.54, 1.807) is 26.1 Å². The predicted molar refractivity (Wildman–Crippen MR) is 127 cm³/mol. The number of rotatable bonds is 12. The molecule has 10 heteroatoms. The van der Waals surface area contributed by atoms with Crippen molar-refractivity contribution in [3.8, 4) is 5.75 Å². The Bertz CT molecular complexity index is 719. The number of halogens is 2. The third kappa shape index (κ3) is 11.0. The van der Waals surface area contributed by atoms with Crippen molar-refractivity contribution in [2.45, 2.75) is 39.7 Å². The summed E-state index contributed by atoms with van der Waals surface area (Å²) in [6.07, 6.45) is 1.23. The fourth-order valence-electron chi connectivity index (χ4n) is 2.39. The van der Waals surface area contributed by atoms with Crippen molar-refractivity contribution >= 4 is 40.0 Å². The van der Waals surface area contributed by atoms with Crippen molar-refractivity contribution in [3.05, 3.63) is 30.1 Å². The van der Waals surface area contributed by atoms with Crippen molar-refractivity contribution < 1.29 is 17.5 Å². The quantitative estimate of drug-likeness (QED) is 0.183. The van der Waals surface area contributed by atoms with Crippen LogP contribution in [0.25, 0.3) is 0 Å². The van der Waals surface area contributed by atoms with Crippen LogP contribution in [0.1, 0.15) is 33.6 Å². The average molecular weight is 544 g/mol. The second-order valence-electron chi connectivity index (χ2n) is 6.33. The molecule has 0 aliphatic rings. The largest absolute Gasteiger partial charge is 0.488 e. The standard InChI is InChI=1S/C19H33FN4O3S.HI/c1-5-17(27-18-11-8-10-16(20)14-18)15-23-19(21-6-2)22-12-9-13-24(4)28(25,26)7-3;/h8,10-11,14,17H,5-7,9,12-13,15H2,1-4H3,(H2,21,22,23);1H. The van der Waals surface area contributed by atoms with Crippen LogP contribution < -0.4 is 15.4 Å². The molecule has 0 aromatic heterocycles. The summed E-state index contributed by atoms with van der Waals surface area (Å²) in [4.78, 5) is 4.53. The Morgan fingerprint density at radius 3 is 2.59 bits per heavy atom. The van der Waals surface area contributed by atoms with E-state index >= 15 is 0 Å². The van der Waals surface area contributed by atoms with Crippen molar-refractivity contribution in [2.75, 3.05) is 39.0 Å². The van der Waals surface area contributed by atoms with E-state index in [2.05, 4.69) is 15.6 Å². The number of guanidine groups is 1. The van der Waals surface area contributed by atoms with Crippen molar-refractivity contribution in [2.24, 2.45) is 4.99 Å². The molecule has 168 valence electrons. The molecule has 1 unspecified atom stereocenters. The molecule has 1 aromatic carbocycles. The molecule has 0 heterocycles. The molecule has 1 aromatic rings. The third-order valence-electron chi connectivity index (χ3n) is 4.13. The molecule has 1 atom stereocenters. The van der Waals surface area contributed by atoms with Gasteiger partial charge in [-0.05, 0) is 38.8 Å². The van der Waals surface area contributed by atoms with E-state index in [1.165, 1.54) is 16.4 Å². The molecule has 1 rings (SSSR count). The molecule has 0 spiro atoms. The van der Waals surface area contributed by atoms with Crippen LogP contribution in [0.2, 0.25) is 0 Å². The van der Waals surface area contributed by atoms with Gasteiger partial charge >= 0.3 is 0 Å². The number of benzene rings is 1. The van der Waals surface area contributed by atoms with Gasteiger partial charge in [-0.1, -0.05) is 13.0 Å². The molecule has 0 bridgehead atoms. The Labute approximate surface area is 191 Å². The Balaban J connectivity index is 0.00000784. The minimum absolute atomic E-state index is 0. The minimum Gasteiger partial charge on any atom is -0.488 e. The first-order valence-electron chi connectivity index (χ1n) is 9.70. The highest BCUT2D eigenvalue weighted by Gasteiger charge is 2.14. The van der Waals surface area contributed by atoms with Gasteiger partial charge in [-0.2, -0.15) is 0 Å². The number of nitrogens with zero attached hydrogens (tertiary/aromatic N) is 2. The van der Waals surface area contributed by atoms with Crippen LogP contribution in [0.4, 0.5) is 4.39 Å². The first-order chi connectivity index (χ1) is 13.3. The summed E-state index contributed by atoms with van der Waals surface area (Å²) >= 11 is 0. The van der Waals surface area contributed by atoms with Gasteiger partial charge in [0.1, 0.15) is 17.7 Å². The van der Waals surface area contributed by atoms with E-state index in [9.17, 15) is 12.8 Å². The van der Waals surface area contributed by atoms with Crippen LogP contribution >= 0.6 is 24.0 Å². The average Bonchev–Trinajstić information content (AvgIpc) is 2.67. The molecule has 29 heavy (non-hydrogen) atoms. The van der Waals surface area contributed by atoms with E-state index < -0.39 is 10.0 Å². The van der Waals surface area contributed by atoms with Gasteiger partial charge < -0.3 is 15.4 Å². The van der Waals surface area contributed by atoms with Crippen molar-refractivity contribution in [1.29, 1.82) is 0 Å². The zero-order chi connectivity index (χ0) is 21.0.